The summed E-state index contributed by atoms with van der Waals surface area (Å²) in [5.74, 6) is 2.48. The molecule has 5 fully saturated rings. The molecule has 8 atom stereocenters. The lowest BCUT2D eigenvalue weighted by atomic mass is 9.41. The molecular formula is C28H46F3NO. The van der Waals surface area contributed by atoms with Gasteiger partial charge in [0, 0.05) is 5.54 Å². The minimum absolute atomic E-state index is 0.0763. The van der Waals surface area contributed by atoms with E-state index in [4.69, 9.17) is 5.73 Å². The van der Waals surface area contributed by atoms with E-state index in [1.54, 1.807) is 0 Å². The molecule has 0 aliphatic heterocycles. The first-order valence-electron chi connectivity index (χ1n) is 14.0. The summed E-state index contributed by atoms with van der Waals surface area (Å²) in [7, 11) is 0. The molecule has 5 saturated carbocycles. The van der Waals surface area contributed by atoms with Crippen LogP contribution >= 0.6 is 0 Å². The largest absolute Gasteiger partial charge is 0.417 e. The summed E-state index contributed by atoms with van der Waals surface area (Å²) in [5, 5.41) is 10.4. The van der Waals surface area contributed by atoms with Gasteiger partial charge in [-0.1, -0.05) is 52.4 Å². The Kier molecular flexibility index (Phi) is 6.00. The zero-order valence-electron chi connectivity index (χ0n) is 20.9. The molecule has 3 N–H and O–H groups in total. The molecule has 33 heavy (non-hydrogen) atoms. The smallest absolute Gasteiger partial charge is 0.380 e. The van der Waals surface area contributed by atoms with Gasteiger partial charge in [-0.25, -0.2) is 0 Å². The van der Waals surface area contributed by atoms with E-state index in [0.717, 1.165) is 31.1 Å². The van der Waals surface area contributed by atoms with Crippen LogP contribution < -0.4 is 5.73 Å². The maximum absolute atomic E-state index is 13.6. The predicted octanol–water partition coefficient (Wildman–Crippen LogP) is 7.38. The zero-order valence-corrected chi connectivity index (χ0v) is 20.9. The van der Waals surface area contributed by atoms with Gasteiger partial charge in [-0.2, -0.15) is 13.2 Å². The molecule has 5 aliphatic carbocycles. The Morgan fingerprint density at radius 3 is 2.18 bits per heavy atom. The lowest BCUT2D eigenvalue weighted by Gasteiger charge is -2.66. The summed E-state index contributed by atoms with van der Waals surface area (Å²) >= 11 is 0. The van der Waals surface area contributed by atoms with Crippen LogP contribution in [0, 0.1) is 40.4 Å². The number of nitrogens with two attached hydrogens (primary N) is 1. The molecule has 0 aromatic rings. The molecule has 5 aliphatic rings. The van der Waals surface area contributed by atoms with E-state index in [0.29, 0.717) is 17.8 Å². The lowest BCUT2D eigenvalue weighted by molar-refractivity contribution is -0.290. The van der Waals surface area contributed by atoms with Gasteiger partial charge in [-0.05, 0) is 105 Å². The van der Waals surface area contributed by atoms with Gasteiger partial charge in [-0.15, -0.1) is 0 Å². The number of unbranched alkanes of at least 4 members (excludes halogenated alkanes) is 1. The van der Waals surface area contributed by atoms with E-state index in [2.05, 4.69) is 13.8 Å². The molecule has 7 unspecified atom stereocenters. The second-order valence-corrected chi connectivity index (χ2v) is 13.6. The van der Waals surface area contributed by atoms with Crippen molar-refractivity contribution in [3.05, 3.63) is 0 Å². The first kappa shape index (κ1) is 24.4. The number of hydrogen-bond donors (Lipinski definition) is 2. The Morgan fingerprint density at radius 1 is 0.818 bits per heavy atom. The molecule has 0 aromatic carbocycles. The first-order valence-corrected chi connectivity index (χ1v) is 14.0. The standard InChI is InChI=1S/C28H46F3NO/c1-24-14-13-23-25(2)16-17-26(33,28(29,30)31)18-21(25)12-15-27(23,32)22(24)11-10-20(24)9-4-3-6-19-7-5-8-19/h19-23,33H,3-18,32H2,1-2H3/t20?,21?,22?,23?,24?,25?,26-,27?/m0/s1. The minimum Gasteiger partial charge on any atom is -0.380 e. The van der Waals surface area contributed by atoms with Gasteiger partial charge < -0.3 is 10.8 Å². The Bertz CT molecular complexity index is 737. The summed E-state index contributed by atoms with van der Waals surface area (Å²) in [6, 6.07) is 0. The van der Waals surface area contributed by atoms with Crippen LogP contribution in [0.15, 0.2) is 0 Å². The first-order chi connectivity index (χ1) is 15.4. The molecule has 190 valence electrons. The number of aliphatic hydroxyl groups is 1. The second-order valence-electron chi connectivity index (χ2n) is 13.6. The van der Waals surface area contributed by atoms with Crippen LogP contribution in [0.25, 0.3) is 0 Å². The van der Waals surface area contributed by atoms with Crippen LogP contribution in [0.1, 0.15) is 117 Å². The molecule has 2 nitrogen and oxygen atoms in total. The van der Waals surface area contributed by atoms with Crippen LogP contribution in [0.5, 0.6) is 0 Å². The van der Waals surface area contributed by atoms with Crippen molar-refractivity contribution >= 4 is 0 Å². The zero-order chi connectivity index (χ0) is 23.7. The fourth-order valence-corrected chi connectivity index (χ4v) is 9.91. The molecule has 5 rings (SSSR count). The highest BCUT2D eigenvalue weighted by molar-refractivity contribution is 5.19. The van der Waals surface area contributed by atoms with Crippen LogP contribution in [-0.4, -0.2) is 22.4 Å². The highest BCUT2D eigenvalue weighted by atomic mass is 19.4. The molecule has 0 spiro atoms. The Balaban J connectivity index is 1.28. The second kappa shape index (κ2) is 8.11. The fourth-order valence-electron chi connectivity index (χ4n) is 9.91. The van der Waals surface area contributed by atoms with Crippen molar-refractivity contribution in [2.24, 2.45) is 46.2 Å². The Labute approximate surface area is 198 Å². The van der Waals surface area contributed by atoms with E-state index >= 15 is 0 Å². The quantitative estimate of drug-likeness (QED) is 0.413. The minimum atomic E-state index is -4.53. The van der Waals surface area contributed by atoms with E-state index < -0.39 is 11.8 Å². The highest BCUT2D eigenvalue weighted by Crippen LogP contribution is 2.69. The Hall–Kier alpha value is -0.290. The molecule has 0 heterocycles. The monoisotopic (exact) mass is 469 g/mol. The predicted molar refractivity (Wildman–Crippen MR) is 125 cm³/mol. The van der Waals surface area contributed by atoms with Crippen molar-refractivity contribution in [1.82, 2.24) is 0 Å². The lowest BCUT2D eigenvalue weighted by Crippen LogP contribution is -2.69. The van der Waals surface area contributed by atoms with Crippen molar-refractivity contribution in [2.75, 3.05) is 0 Å². The third-order valence-electron chi connectivity index (χ3n) is 12.3. The number of fused-ring (bicyclic) bond motifs is 5. The topological polar surface area (TPSA) is 46.2 Å². The summed E-state index contributed by atoms with van der Waals surface area (Å²) in [6.45, 7) is 4.72. The fraction of sp³-hybridized carbons (Fsp3) is 1.00. The molecule has 0 bridgehead atoms. The average Bonchev–Trinajstić information content (AvgIpc) is 3.04. The summed E-state index contributed by atoms with van der Waals surface area (Å²) < 4.78 is 40.8. The van der Waals surface area contributed by atoms with Crippen LogP contribution in [0.3, 0.4) is 0 Å². The number of hydrogen-bond acceptors (Lipinski definition) is 2. The van der Waals surface area contributed by atoms with Crippen LogP contribution in [0.2, 0.25) is 0 Å². The highest BCUT2D eigenvalue weighted by Gasteiger charge is 2.68. The normalized spacial score (nSPS) is 50.3. The van der Waals surface area contributed by atoms with Gasteiger partial charge in [0.2, 0.25) is 0 Å². The van der Waals surface area contributed by atoms with Crippen molar-refractivity contribution in [1.29, 1.82) is 0 Å². The van der Waals surface area contributed by atoms with Crippen LogP contribution in [0.4, 0.5) is 13.2 Å². The maximum atomic E-state index is 13.6. The van der Waals surface area contributed by atoms with Crippen molar-refractivity contribution in [3.63, 3.8) is 0 Å². The average molecular weight is 470 g/mol. The van der Waals surface area contributed by atoms with Gasteiger partial charge in [0.05, 0.1) is 0 Å². The maximum Gasteiger partial charge on any atom is 0.417 e. The third-order valence-corrected chi connectivity index (χ3v) is 12.3. The van der Waals surface area contributed by atoms with Gasteiger partial charge in [0.15, 0.2) is 5.60 Å². The Morgan fingerprint density at radius 2 is 1.52 bits per heavy atom. The SMILES string of the molecule is CC12CCC3C4(C)CC[C@@](O)(C(F)(F)F)CC4CCC3(N)C1CCC2CCCCC1CCC1. The number of halogens is 3. The molecule has 0 amide bonds. The number of rotatable bonds is 5. The van der Waals surface area contributed by atoms with E-state index in [-0.39, 0.29) is 35.6 Å². The summed E-state index contributed by atoms with van der Waals surface area (Å²) in [6.07, 6.45) is 11.7. The third kappa shape index (κ3) is 3.72. The molecule has 0 radical (unpaired) electrons. The van der Waals surface area contributed by atoms with Crippen molar-refractivity contribution < 1.29 is 18.3 Å². The van der Waals surface area contributed by atoms with Gasteiger partial charge >= 0.3 is 6.18 Å². The van der Waals surface area contributed by atoms with E-state index in [1.165, 1.54) is 64.2 Å². The van der Waals surface area contributed by atoms with E-state index in [1.807, 2.05) is 0 Å². The molecule has 0 saturated heterocycles. The van der Waals surface area contributed by atoms with E-state index in [9.17, 15) is 18.3 Å². The van der Waals surface area contributed by atoms with Gasteiger partial charge in [0.25, 0.3) is 0 Å². The molecule has 0 aromatic heterocycles. The van der Waals surface area contributed by atoms with Crippen molar-refractivity contribution in [3.8, 4) is 0 Å². The van der Waals surface area contributed by atoms with Crippen LogP contribution in [-0.2, 0) is 0 Å². The van der Waals surface area contributed by atoms with Crippen molar-refractivity contribution in [2.45, 2.75) is 134 Å². The van der Waals surface area contributed by atoms with Gasteiger partial charge in [-0.3, -0.25) is 0 Å². The summed E-state index contributed by atoms with van der Waals surface area (Å²) in [5.41, 5.74) is 4.75. The molecule has 5 heteroatoms. The van der Waals surface area contributed by atoms with Gasteiger partial charge in [0.1, 0.15) is 0 Å². The molecular weight excluding hydrogens is 423 g/mol. The summed E-state index contributed by atoms with van der Waals surface area (Å²) in [4.78, 5) is 0. The number of alkyl halides is 3.